The van der Waals surface area contributed by atoms with E-state index in [1.807, 2.05) is 65.0 Å². The summed E-state index contributed by atoms with van der Waals surface area (Å²) < 4.78 is 0. The summed E-state index contributed by atoms with van der Waals surface area (Å²) in [6, 6.07) is 9.75. The Labute approximate surface area is 173 Å². The molecule has 0 aliphatic heterocycles. The van der Waals surface area contributed by atoms with Gasteiger partial charge in [-0.3, -0.25) is 4.79 Å². The van der Waals surface area contributed by atoms with Crippen molar-refractivity contribution in [1.82, 2.24) is 9.97 Å². The quantitative estimate of drug-likeness (QED) is 0.613. The van der Waals surface area contributed by atoms with Crippen LogP contribution in [0, 0.1) is 6.92 Å². The molecule has 2 atom stereocenters. The van der Waals surface area contributed by atoms with E-state index in [4.69, 9.17) is 5.11 Å². The maximum Gasteiger partial charge on any atom is 0.305 e. The van der Waals surface area contributed by atoms with Gasteiger partial charge in [0.1, 0.15) is 5.82 Å². The summed E-state index contributed by atoms with van der Waals surface area (Å²) in [5.74, 6) is -0.269. The minimum atomic E-state index is -1.10. The Hall–Kier alpha value is -2.57. The summed E-state index contributed by atoms with van der Waals surface area (Å²) in [4.78, 5) is 19.8. The summed E-state index contributed by atoms with van der Waals surface area (Å²) in [7, 11) is 0. The van der Waals surface area contributed by atoms with E-state index in [0.29, 0.717) is 5.82 Å². The van der Waals surface area contributed by atoms with E-state index in [1.54, 1.807) is 12.2 Å². The number of aliphatic carboxylic acids is 1. The smallest absolute Gasteiger partial charge is 0.305 e. The molecule has 29 heavy (non-hydrogen) atoms. The Morgan fingerprint density at radius 3 is 2.28 bits per heavy atom. The number of aromatic nitrogens is 2. The Morgan fingerprint density at radius 1 is 1.10 bits per heavy atom. The number of aliphatic hydroxyl groups is 2. The molecule has 0 saturated carbocycles. The lowest BCUT2D eigenvalue weighted by atomic mass is 9.97. The number of carboxylic acids is 1. The van der Waals surface area contributed by atoms with Gasteiger partial charge in [0.2, 0.25) is 0 Å². The van der Waals surface area contributed by atoms with E-state index >= 15 is 0 Å². The van der Waals surface area contributed by atoms with E-state index < -0.39 is 24.6 Å². The van der Waals surface area contributed by atoms with E-state index in [1.165, 1.54) is 0 Å². The number of carboxylic acid groups (broad SMARTS) is 1. The van der Waals surface area contributed by atoms with Gasteiger partial charge in [-0.1, -0.05) is 70.2 Å². The van der Waals surface area contributed by atoms with Crippen LogP contribution >= 0.6 is 0 Å². The van der Waals surface area contributed by atoms with Gasteiger partial charge in [-0.2, -0.15) is 0 Å². The number of hydrogen-bond acceptors (Lipinski definition) is 5. The van der Waals surface area contributed by atoms with Crippen molar-refractivity contribution in [2.45, 2.75) is 65.6 Å². The van der Waals surface area contributed by atoms with Gasteiger partial charge in [0.15, 0.2) is 0 Å². The average Bonchev–Trinajstić information content (AvgIpc) is 2.67. The molecule has 3 N–H and O–H groups in total. The number of rotatable bonds is 8. The molecular formula is C23H32N2O4. The second-order valence-electron chi connectivity index (χ2n) is 6.85. The molecule has 158 valence electrons. The molecule has 6 nitrogen and oxygen atoms in total. The molecule has 0 aliphatic rings. The highest BCUT2D eigenvalue weighted by Gasteiger charge is 2.17. The van der Waals surface area contributed by atoms with E-state index in [2.05, 4.69) is 9.97 Å². The van der Waals surface area contributed by atoms with Crippen LogP contribution in [0.15, 0.2) is 36.4 Å². The SMILES string of the molecule is CC.Cc1nc(-c2ccccc2)c(/C=C/[C@@H](O)C[C@@H](O)CC(=O)O)c(C(C)C)n1. The highest BCUT2D eigenvalue weighted by Crippen LogP contribution is 2.29. The molecule has 0 aliphatic carbocycles. The summed E-state index contributed by atoms with van der Waals surface area (Å²) in [6.07, 6.45) is 0.796. The summed E-state index contributed by atoms with van der Waals surface area (Å²) >= 11 is 0. The monoisotopic (exact) mass is 400 g/mol. The molecule has 0 spiro atoms. The largest absolute Gasteiger partial charge is 0.481 e. The molecule has 6 heteroatoms. The van der Waals surface area contributed by atoms with Gasteiger partial charge in [-0.25, -0.2) is 9.97 Å². The lowest BCUT2D eigenvalue weighted by Crippen LogP contribution is -2.19. The third-order valence-electron chi connectivity index (χ3n) is 4.09. The van der Waals surface area contributed by atoms with Crippen LogP contribution in [0.5, 0.6) is 0 Å². The van der Waals surface area contributed by atoms with Gasteiger partial charge >= 0.3 is 5.97 Å². The maximum absolute atomic E-state index is 10.6. The second-order valence-corrected chi connectivity index (χ2v) is 6.85. The first-order valence-corrected chi connectivity index (χ1v) is 9.98. The Balaban J connectivity index is 0.00000204. The van der Waals surface area contributed by atoms with Crippen LogP contribution in [-0.2, 0) is 4.79 Å². The van der Waals surface area contributed by atoms with E-state index in [0.717, 1.165) is 22.5 Å². The van der Waals surface area contributed by atoms with Gasteiger partial charge in [0.25, 0.3) is 0 Å². The molecule has 0 fully saturated rings. The van der Waals surface area contributed by atoms with E-state index in [9.17, 15) is 15.0 Å². The number of carbonyl (C=O) groups is 1. The van der Waals surface area contributed by atoms with Crippen LogP contribution in [0.25, 0.3) is 17.3 Å². The molecular weight excluding hydrogens is 368 g/mol. The highest BCUT2D eigenvalue weighted by atomic mass is 16.4. The van der Waals surface area contributed by atoms with Crippen molar-refractivity contribution in [1.29, 1.82) is 0 Å². The fourth-order valence-electron chi connectivity index (χ4n) is 2.87. The normalized spacial score (nSPS) is 13.1. The molecule has 2 rings (SSSR count). The standard InChI is InChI=1S/C21H26N2O4.C2H6/c1-13(2)20-18(10-9-16(24)11-17(25)12-19(26)27)21(23-14(3)22-20)15-7-5-4-6-8-15;1-2/h4-10,13,16-17,24-25H,11-12H2,1-3H3,(H,26,27);1-2H3/b10-9+;/t16-,17-;/m1./s1. The number of benzene rings is 1. The fraction of sp³-hybridized carbons (Fsp3) is 0.435. The molecule has 0 radical (unpaired) electrons. The first kappa shape index (κ1) is 24.5. The molecule has 0 unspecified atom stereocenters. The zero-order valence-corrected chi connectivity index (χ0v) is 17.8. The Bertz CT molecular complexity index is 804. The molecule has 0 amide bonds. The van der Waals surface area contributed by atoms with Crippen LogP contribution in [0.4, 0.5) is 0 Å². The zero-order valence-electron chi connectivity index (χ0n) is 17.8. The lowest BCUT2D eigenvalue weighted by Gasteiger charge is -2.15. The topological polar surface area (TPSA) is 104 Å². The van der Waals surface area contributed by atoms with Crippen molar-refractivity contribution in [3.63, 3.8) is 0 Å². The molecule has 1 heterocycles. The fourth-order valence-corrected chi connectivity index (χ4v) is 2.87. The third-order valence-corrected chi connectivity index (χ3v) is 4.09. The number of aliphatic hydroxyl groups excluding tert-OH is 2. The minimum absolute atomic E-state index is 0.0484. The lowest BCUT2D eigenvalue weighted by molar-refractivity contribution is -0.139. The van der Waals surface area contributed by atoms with Gasteiger partial charge in [0.05, 0.1) is 30.0 Å². The van der Waals surface area contributed by atoms with Crippen LogP contribution in [0.2, 0.25) is 0 Å². The number of aryl methyl sites for hydroxylation is 1. The molecule has 0 saturated heterocycles. The van der Waals surface area contributed by atoms with Crippen molar-refractivity contribution in [2.75, 3.05) is 0 Å². The van der Waals surface area contributed by atoms with Crippen LogP contribution in [0.1, 0.15) is 63.5 Å². The van der Waals surface area contributed by atoms with Gasteiger partial charge in [-0.05, 0) is 12.8 Å². The number of hydrogen-bond donors (Lipinski definition) is 3. The number of nitrogens with zero attached hydrogens (tertiary/aromatic N) is 2. The zero-order chi connectivity index (χ0) is 22.0. The van der Waals surface area contributed by atoms with Crippen molar-refractivity contribution in [3.8, 4) is 11.3 Å². The average molecular weight is 401 g/mol. The van der Waals surface area contributed by atoms with Crippen LogP contribution < -0.4 is 0 Å². The van der Waals surface area contributed by atoms with Crippen molar-refractivity contribution < 1.29 is 20.1 Å². The Kier molecular flexibility index (Phi) is 10.2. The predicted molar refractivity (Wildman–Crippen MR) is 116 cm³/mol. The minimum Gasteiger partial charge on any atom is -0.481 e. The predicted octanol–water partition coefficient (Wildman–Crippen LogP) is 4.20. The molecule has 2 aromatic rings. The second kappa shape index (κ2) is 12.1. The van der Waals surface area contributed by atoms with Gasteiger partial charge in [-0.15, -0.1) is 0 Å². The first-order chi connectivity index (χ1) is 13.8. The molecule has 1 aromatic carbocycles. The third kappa shape index (κ3) is 7.75. The van der Waals surface area contributed by atoms with Crippen molar-refractivity contribution in [3.05, 3.63) is 53.5 Å². The van der Waals surface area contributed by atoms with Crippen molar-refractivity contribution in [2.24, 2.45) is 0 Å². The molecule has 1 aromatic heterocycles. The van der Waals surface area contributed by atoms with Gasteiger partial charge in [0, 0.05) is 17.5 Å². The van der Waals surface area contributed by atoms with Crippen LogP contribution in [0.3, 0.4) is 0 Å². The van der Waals surface area contributed by atoms with Crippen molar-refractivity contribution >= 4 is 12.0 Å². The first-order valence-electron chi connectivity index (χ1n) is 9.98. The summed E-state index contributed by atoms with van der Waals surface area (Å²) in [6.45, 7) is 9.94. The highest BCUT2D eigenvalue weighted by molar-refractivity contribution is 5.73. The summed E-state index contributed by atoms with van der Waals surface area (Å²) in [5, 5.41) is 28.6. The van der Waals surface area contributed by atoms with E-state index in [-0.39, 0.29) is 12.3 Å². The van der Waals surface area contributed by atoms with Gasteiger partial charge < -0.3 is 15.3 Å². The maximum atomic E-state index is 10.6. The van der Waals surface area contributed by atoms with Crippen LogP contribution in [-0.4, -0.2) is 43.5 Å². The summed E-state index contributed by atoms with van der Waals surface area (Å²) in [5.41, 5.74) is 3.41. The molecule has 0 bridgehead atoms. The Morgan fingerprint density at radius 2 is 1.72 bits per heavy atom.